The Morgan fingerprint density at radius 3 is 2.19 bits per heavy atom. The predicted octanol–water partition coefficient (Wildman–Crippen LogP) is 3.95. The second kappa shape index (κ2) is 10.1. The summed E-state index contributed by atoms with van der Waals surface area (Å²) in [7, 11) is 0. The van der Waals surface area contributed by atoms with Crippen molar-refractivity contribution in [1.29, 1.82) is 0 Å². The van der Waals surface area contributed by atoms with Gasteiger partial charge < -0.3 is 15.2 Å². The van der Waals surface area contributed by atoms with Crippen LogP contribution in [0.1, 0.15) is 53.3 Å². The maximum absolute atomic E-state index is 12.1. The summed E-state index contributed by atoms with van der Waals surface area (Å²) in [6.45, 7) is 1.69. The van der Waals surface area contributed by atoms with E-state index in [1.54, 1.807) is 24.3 Å². The Kier molecular flexibility index (Phi) is 7.55. The molecule has 2 N–H and O–H groups in total. The molecule has 2 aromatic carbocycles. The molecule has 0 saturated carbocycles. The molecule has 0 fully saturated rings. The van der Waals surface area contributed by atoms with Crippen molar-refractivity contribution < 1.29 is 24.2 Å². The van der Waals surface area contributed by atoms with E-state index < -0.39 is 5.97 Å². The van der Waals surface area contributed by atoms with E-state index in [2.05, 4.69) is 12.2 Å². The zero-order valence-electron chi connectivity index (χ0n) is 15.2. The number of amides is 1. The summed E-state index contributed by atoms with van der Waals surface area (Å²) in [5, 5.41) is 12.0. The summed E-state index contributed by atoms with van der Waals surface area (Å²) < 4.78 is 4.99. The van der Waals surface area contributed by atoms with Crippen molar-refractivity contribution in [1.82, 2.24) is 0 Å². The molecule has 0 aliphatic carbocycles. The summed E-state index contributed by atoms with van der Waals surface area (Å²) in [4.78, 5) is 35.8. The average Bonchev–Trinajstić information content (AvgIpc) is 2.67. The Hall–Kier alpha value is -3.15. The number of ketones is 1. The fourth-order valence-electron chi connectivity index (χ4n) is 2.39. The van der Waals surface area contributed by atoms with E-state index in [9.17, 15) is 19.5 Å². The van der Waals surface area contributed by atoms with Crippen LogP contribution in [0.3, 0.4) is 0 Å². The van der Waals surface area contributed by atoms with E-state index in [1.807, 2.05) is 0 Å². The molecule has 0 aliphatic rings. The molecule has 2 rings (SSSR count). The second-order valence-corrected chi connectivity index (χ2v) is 6.13. The third-order valence-electron chi connectivity index (χ3n) is 3.94. The molecule has 6 nitrogen and oxygen atoms in total. The maximum Gasteiger partial charge on any atom is 0.338 e. The molecule has 142 valence electrons. The van der Waals surface area contributed by atoms with Gasteiger partial charge in [0.2, 0.25) is 5.91 Å². The van der Waals surface area contributed by atoms with E-state index in [1.165, 1.54) is 24.3 Å². The summed E-state index contributed by atoms with van der Waals surface area (Å²) in [5.41, 5.74) is 1.26. The first-order valence-electron chi connectivity index (χ1n) is 8.89. The minimum Gasteiger partial charge on any atom is -0.508 e. The fourth-order valence-corrected chi connectivity index (χ4v) is 2.39. The number of esters is 1. The molecule has 0 heterocycles. The highest BCUT2D eigenvalue weighted by Gasteiger charge is 2.12. The van der Waals surface area contributed by atoms with E-state index in [4.69, 9.17) is 4.74 Å². The van der Waals surface area contributed by atoms with Gasteiger partial charge in [0.05, 0.1) is 5.56 Å². The van der Waals surface area contributed by atoms with Crippen LogP contribution in [0.25, 0.3) is 0 Å². The van der Waals surface area contributed by atoms with Gasteiger partial charge in [0, 0.05) is 17.7 Å². The Bertz CT molecular complexity index is 781. The van der Waals surface area contributed by atoms with Crippen LogP contribution in [0.15, 0.2) is 48.5 Å². The van der Waals surface area contributed by atoms with Crippen LogP contribution in [-0.2, 0) is 9.53 Å². The van der Waals surface area contributed by atoms with Gasteiger partial charge in [0.15, 0.2) is 12.4 Å². The highest BCUT2D eigenvalue weighted by atomic mass is 16.5. The largest absolute Gasteiger partial charge is 0.508 e. The number of phenolic OH excluding ortho intramolecular Hbond substituents is 1. The number of aromatic hydroxyl groups is 1. The number of phenols is 1. The van der Waals surface area contributed by atoms with E-state index in [-0.39, 0.29) is 29.6 Å². The van der Waals surface area contributed by atoms with Crippen molar-refractivity contribution in [2.75, 3.05) is 11.9 Å². The van der Waals surface area contributed by atoms with E-state index in [0.29, 0.717) is 17.7 Å². The number of hydrogen-bond donors (Lipinski definition) is 2. The van der Waals surface area contributed by atoms with Gasteiger partial charge in [-0.15, -0.1) is 0 Å². The third-order valence-corrected chi connectivity index (χ3v) is 3.94. The number of Topliss-reactive ketones (excluding diaryl/α,β-unsaturated/α-hetero) is 1. The predicted molar refractivity (Wildman–Crippen MR) is 102 cm³/mol. The molecule has 27 heavy (non-hydrogen) atoms. The number of ether oxygens (including phenoxy) is 1. The van der Waals surface area contributed by atoms with Gasteiger partial charge in [0.1, 0.15) is 5.75 Å². The van der Waals surface area contributed by atoms with Gasteiger partial charge >= 0.3 is 5.97 Å². The monoisotopic (exact) mass is 369 g/mol. The van der Waals surface area contributed by atoms with Gasteiger partial charge in [-0.25, -0.2) is 4.79 Å². The molecular formula is C21H23NO5. The highest BCUT2D eigenvalue weighted by molar-refractivity contribution is 6.00. The van der Waals surface area contributed by atoms with Crippen LogP contribution in [0.2, 0.25) is 0 Å². The first-order valence-corrected chi connectivity index (χ1v) is 8.89. The lowest BCUT2D eigenvalue weighted by Gasteiger charge is -2.07. The van der Waals surface area contributed by atoms with Crippen LogP contribution in [0.5, 0.6) is 5.75 Å². The highest BCUT2D eigenvalue weighted by Crippen LogP contribution is 2.13. The lowest BCUT2D eigenvalue weighted by Crippen LogP contribution is -2.14. The van der Waals surface area contributed by atoms with E-state index >= 15 is 0 Å². The number of rotatable bonds is 9. The fraction of sp³-hybridized carbons (Fsp3) is 0.286. The molecular weight excluding hydrogens is 346 g/mol. The average molecular weight is 369 g/mol. The maximum atomic E-state index is 12.1. The van der Waals surface area contributed by atoms with Crippen molar-refractivity contribution in [3.63, 3.8) is 0 Å². The Morgan fingerprint density at radius 1 is 0.926 bits per heavy atom. The number of nitrogens with one attached hydrogen (secondary N) is 1. The molecule has 0 radical (unpaired) electrons. The van der Waals surface area contributed by atoms with Gasteiger partial charge in [-0.2, -0.15) is 0 Å². The van der Waals surface area contributed by atoms with Crippen molar-refractivity contribution in [3.8, 4) is 5.75 Å². The summed E-state index contributed by atoms with van der Waals surface area (Å²) in [6.07, 6.45) is 3.40. The molecule has 0 unspecified atom stereocenters. The van der Waals surface area contributed by atoms with Crippen LogP contribution < -0.4 is 5.32 Å². The van der Waals surface area contributed by atoms with Crippen molar-refractivity contribution in [2.45, 2.75) is 32.6 Å². The summed E-state index contributed by atoms with van der Waals surface area (Å²) in [5.74, 6) is -0.993. The normalized spacial score (nSPS) is 10.3. The number of unbranched alkanes of at least 4 members (excludes halogenated alkanes) is 2. The standard InChI is InChI=1S/C21H23NO5/c1-2-3-4-5-20(25)22-17-10-6-15(7-11-17)19(24)14-27-21(26)16-8-12-18(23)13-9-16/h6-13,23H,2-5,14H2,1H3,(H,22,25). The smallest absolute Gasteiger partial charge is 0.338 e. The molecule has 2 aromatic rings. The lowest BCUT2D eigenvalue weighted by molar-refractivity contribution is -0.116. The molecule has 0 saturated heterocycles. The quantitative estimate of drug-likeness (QED) is 0.397. The molecule has 0 spiro atoms. The lowest BCUT2D eigenvalue weighted by atomic mass is 10.1. The van der Waals surface area contributed by atoms with Crippen molar-refractivity contribution >= 4 is 23.3 Å². The summed E-state index contributed by atoms with van der Waals surface area (Å²) in [6, 6.07) is 12.0. The Balaban J connectivity index is 1.83. The molecule has 6 heteroatoms. The zero-order valence-corrected chi connectivity index (χ0v) is 15.2. The minimum absolute atomic E-state index is 0.0418. The third kappa shape index (κ3) is 6.58. The van der Waals surface area contributed by atoms with Gasteiger partial charge in [-0.05, 0) is 55.0 Å². The molecule has 0 aliphatic heterocycles. The van der Waals surface area contributed by atoms with E-state index in [0.717, 1.165) is 19.3 Å². The Morgan fingerprint density at radius 2 is 1.56 bits per heavy atom. The number of carbonyl (C=O) groups excluding carboxylic acids is 3. The number of anilines is 1. The minimum atomic E-state index is -0.640. The number of carbonyl (C=O) groups is 3. The first-order chi connectivity index (χ1) is 13.0. The van der Waals surface area contributed by atoms with Gasteiger partial charge in [-0.1, -0.05) is 19.8 Å². The second-order valence-electron chi connectivity index (χ2n) is 6.13. The van der Waals surface area contributed by atoms with Crippen molar-refractivity contribution in [2.24, 2.45) is 0 Å². The first kappa shape index (κ1) is 20.2. The van der Waals surface area contributed by atoms with Crippen LogP contribution >= 0.6 is 0 Å². The molecule has 0 bridgehead atoms. The molecule has 0 aromatic heterocycles. The summed E-state index contributed by atoms with van der Waals surface area (Å²) >= 11 is 0. The van der Waals surface area contributed by atoms with Gasteiger partial charge in [-0.3, -0.25) is 9.59 Å². The Labute approximate surface area is 158 Å². The molecule has 0 atom stereocenters. The van der Waals surface area contributed by atoms with Crippen LogP contribution in [0.4, 0.5) is 5.69 Å². The molecule has 1 amide bonds. The van der Waals surface area contributed by atoms with Crippen LogP contribution in [-0.4, -0.2) is 29.4 Å². The van der Waals surface area contributed by atoms with Crippen molar-refractivity contribution in [3.05, 3.63) is 59.7 Å². The number of hydrogen-bond acceptors (Lipinski definition) is 5. The van der Waals surface area contributed by atoms with Gasteiger partial charge in [0.25, 0.3) is 0 Å². The topological polar surface area (TPSA) is 92.7 Å². The van der Waals surface area contributed by atoms with Crippen LogP contribution in [0, 0.1) is 0 Å². The SMILES string of the molecule is CCCCCC(=O)Nc1ccc(C(=O)COC(=O)c2ccc(O)cc2)cc1. The number of benzene rings is 2. The zero-order chi connectivity index (χ0) is 19.6.